The highest BCUT2D eigenvalue weighted by atomic mass is 16.2. The van der Waals surface area contributed by atoms with Gasteiger partial charge in [-0.2, -0.15) is 0 Å². The minimum Gasteiger partial charge on any atom is -0.340 e. The Labute approximate surface area is 120 Å². The molecule has 108 valence electrons. The average Bonchev–Trinajstić information content (AvgIpc) is 2.78. The maximum absolute atomic E-state index is 12.0. The van der Waals surface area contributed by atoms with Crippen LogP contribution in [0.1, 0.15) is 44.4 Å². The maximum Gasteiger partial charge on any atom is 0.253 e. The van der Waals surface area contributed by atoms with Crippen molar-refractivity contribution in [3.63, 3.8) is 0 Å². The van der Waals surface area contributed by atoms with Gasteiger partial charge in [-0.1, -0.05) is 45.0 Å². The van der Waals surface area contributed by atoms with E-state index in [-0.39, 0.29) is 11.9 Å². The Morgan fingerprint density at radius 1 is 1.25 bits per heavy atom. The fourth-order valence-corrected chi connectivity index (χ4v) is 2.29. The van der Waals surface area contributed by atoms with Crippen molar-refractivity contribution in [1.29, 1.82) is 0 Å². The lowest BCUT2D eigenvalue weighted by Gasteiger charge is -2.10. The van der Waals surface area contributed by atoms with Gasteiger partial charge in [-0.3, -0.25) is 15.1 Å². The van der Waals surface area contributed by atoms with Crippen molar-refractivity contribution < 1.29 is 4.79 Å². The summed E-state index contributed by atoms with van der Waals surface area (Å²) in [4.78, 5) is 16.3. The van der Waals surface area contributed by atoms with Crippen LogP contribution in [0.4, 0.5) is 0 Å². The summed E-state index contributed by atoms with van der Waals surface area (Å²) in [5, 5.41) is 5.93. The van der Waals surface area contributed by atoms with E-state index >= 15 is 0 Å². The first-order chi connectivity index (χ1) is 9.60. The van der Waals surface area contributed by atoms with Gasteiger partial charge in [0, 0.05) is 6.54 Å². The van der Waals surface area contributed by atoms with Gasteiger partial charge in [-0.15, -0.1) is 0 Å². The van der Waals surface area contributed by atoms with Crippen LogP contribution in [0.2, 0.25) is 0 Å². The van der Waals surface area contributed by atoms with Crippen LogP contribution in [0, 0.1) is 5.92 Å². The molecule has 1 saturated heterocycles. The molecule has 0 radical (unpaired) electrons. The second-order valence-electron chi connectivity index (χ2n) is 5.64. The summed E-state index contributed by atoms with van der Waals surface area (Å²) in [6, 6.07) is 7.94. The summed E-state index contributed by atoms with van der Waals surface area (Å²) in [7, 11) is 0. The molecule has 0 bridgehead atoms. The molecule has 1 unspecified atom stereocenters. The van der Waals surface area contributed by atoms with Crippen LogP contribution >= 0.6 is 0 Å². The number of nitrogens with one attached hydrogen (secondary N) is 2. The van der Waals surface area contributed by atoms with E-state index in [1.807, 2.05) is 12.1 Å². The van der Waals surface area contributed by atoms with Crippen LogP contribution in [0.3, 0.4) is 0 Å². The molecule has 2 N–H and O–H groups in total. The third-order valence-electron chi connectivity index (χ3n) is 3.24. The number of rotatable bonds is 5. The fraction of sp³-hybridized carbons (Fsp3) is 0.500. The lowest BCUT2D eigenvalue weighted by molar-refractivity contribution is -0.120. The molecule has 2 rings (SSSR count). The van der Waals surface area contributed by atoms with Gasteiger partial charge in [-0.25, -0.2) is 0 Å². The molecule has 1 amide bonds. The summed E-state index contributed by atoms with van der Waals surface area (Å²) in [5.41, 5.74) is 2.29. The van der Waals surface area contributed by atoms with Crippen LogP contribution in [0.25, 0.3) is 0 Å². The monoisotopic (exact) mass is 273 g/mol. The van der Waals surface area contributed by atoms with Crippen LogP contribution in [-0.2, 0) is 11.2 Å². The molecule has 4 heteroatoms. The number of benzene rings is 1. The van der Waals surface area contributed by atoms with E-state index in [4.69, 9.17) is 0 Å². The summed E-state index contributed by atoms with van der Waals surface area (Å²) in [6.45, 7) is 7.20. The standard InChI is InChI=1S/C16H23N3O/c1-4-9-17-16-18-14(15(20)19-16)13-7-5-12(6-8-13)10-11(2)3/h5-8,11,14H,4,9-10H2,1-3H3,(H2,17,18,19,20). The second kappa shape index (κ2) is 6.55. The minimum absolute atomic E-state index is 0.0311. The summed E-state index contributed by atoms with van der Waals surface area (Å²) < 4.78 is 0. The van der Waals surface area contributed by atoms with Crippen molar-refractivity contribution in [3.05, 3.63) is 35.4 Å². The van der Waals surface area contributed by atoms with Crippen LogP contribution < -0.4 is 10.6 Å². The summed E-state index contributed by atoms with van der Waals surface area (Å²) in [5.74, 6) is 1.20. The highest BCUT2D eigenvalue weighted by Crippen LogP contribution is 2.18. The van der Waals surface area contributed by atoms with Gasteiger partial charge in [0.05, 0.1) is 0 Å². The van der Waals surface area contributed by atoms with Gasteiger partial charge in [-0.05, 0) is 29.9 Å². The van der Waals surface area contributed by atoms with Crippen LogP contribution in [0.5, 0.6) is 0 Å². The Morgan fingerprint density at radius 3 is 2.55 bits per heavy atom. The molecular formula is C16H23N3O. The van der Waals surface area contributed by atoms with Gasteiger partial charge in [0.15, 0.2) is 5.96 Å². The van der Waals surface area contributed by atoms with Gasteiger partial charge in [0.2, 0.25) is 0 Å². The molecule has 0 spiro atoms. The number of hydrogen-bond donors (Lipinski definition) is 2. The highest BCUT2D eigenvalue weighted by Gasteiger charge is 2.29. The van der Waals surface area contributed by atoms with E-state index in [0.29, 0.717) is 11.9 Å². The van der Waals surface area contributed by atoms with Gasteiger partial charge in [0.25, 0.3) is 5.91 Å². The molecule has 0 saturated carbocycles. The van der Waals surface area contributed by atoms with E-state index in [9.17, 15) is 4.79 Å². The molecular weight excluding hydrogens is 250 g/mol. The Balaban J connectivity index is 2.06. The Hall–Kier alpha value is -1.84. The van der Waals surface area contributed by atoms with E-state index in [2.05, 4.69) is 48.5 Å². The zero-order valence-corrected chi connectivity index (χ0v) is 12.4. The van der Waals surface area contributed by atoms with E-state index in [1.165, 1.54) is 5.56 Å². The first kappa shape index (κ1) is 14.6. The zero-order valence-electron chi connectivity index (χ0n) is 12.4. The van der Waals surface area contributed by atoms with Crippen LogP contribution in [-0.4, -0.2) is 18.4 Å². The Kier molecular flexibility index (Phi) is 4.77. The summed E-state index contributed by atoms with van der Waals surface area (Å²) in [6.07, 6.45) is 2.03. The molecule has 1 fully saturated rings. The highest BCUT2D eigenvalue weighted by molar-refractivity contribution is 6.06. The van der Waals surface area contributed by atoms with Crippen molar-refractivity contribution in [3.8, 4) is 0 Å². The predicted octanol–water partition coefficient (Wildman–Crippen LogP) is 2.41. The predicted molar refractivity (Wildman–Crippen MR) is 81.6 cm³/mol. The van der Waals surface area contributed by atoms with Crippen molar-refractivity contribution in [2.24, 2.45) is 10.9 Å². The van der Waals surface area contributed by atoms with Gasteiger partial charge in [0.1, 0.15) is 6.04 Å². The molecule has 20 heavy (non-hydrogen) atoms. The van der Waals surface area contributed by atoms with E-state index in [0.717, 1.165) is 24.9 Å². The topological polar surface area (TPSA) is 53.5 Å². The fourth-order valence-electron chi connectivity index (χ4n) is 2.29. The molecule has 1 aromatic carbocycles. The first-order valence-corrected chi connectivity index (χ1v) is 7.30. The minimum atomic E-state index is -0.321. The number of nitrogens with zero attached hydrogens (tertiary/aromatic N) is 1. The second-order valence-corrected chi connectivity index (χ2v) is 5.64. The van der Waals surface area contributed by atoms with Gasteiger partial charge < -0.3 is 5.32 Å². The normalized spacial score (nSPS) is 20.3. The Bertz CT molecular complexity index is 491. The third-order valence-corrected chi connectivity index (χ3v) is 3.24. The molecule has 4 nitrogen and oxygen atoms in total. The quantitative estimate of drug-likeness (QED) is 0.865. The third kappa shape index (κ3) is 3.59. The number of carbonyl (C=O) groups excluding carboxylic acids is 1. The molecule has 0 aromatic heterocycles. The molecule has 1 aromatic rings. The number of amides is 1. The van der Waals surface area contributed by atoms with Gasteiger partial charge >= 0.3 is 0 Å². The van der Waals surface area contributed by atoms with Crippen molar-refractivity contribution in [1.82, 2.24) is 10.6 Å². The number of guanidine groups is 1. The largest absolute Gasteiger partial charge is 0.340 e. The van der Waals surface area contributed by atoms with E-state index in [1.54, 1.807) is 0 Å². The SMILES string of the molecule is CCCN=C1NC(=O)C(c2ccc(CC(C)C)cc2)N1. The van der Waals surface area contributed by atoms with Crippen molar-refractivity contribution >= 4 is 11.9 Å². The lowest BCUT2D eigenvalue weighted by Crippen LogP contribution is -2.25. The summed E-state index contributed by atoms with van der Waals surface area (Å²) >= 11 is 0. The molecule has 1 aliphatic heterocycles. The Morgan fingerprint density at radius 2 is 1.95 bits per heavy atom. The molecule has 0 aliphatic carbocycles. The molecule has 1 atom stereocenters. The van der Waals surface area contributed by atoms with Crippen molar-refractivity contribution in [2.75, 3.05) is 6.54 Å². The maximum atomic E-state index is 12.0. The van der Waals surface area contributed by atoms with Crippen molar-refractivity contribution in [2.45, 2.75) is 39.7 Å². The number of aliphatic imine (C=N–C) groups is 1. The molecule has 1 heterocycles. The molecule has 1 aliphatic rings. The number of hydrogen-bond acceptors (Lipinski definition) is 2. The first-order valence-electron chi connectivity index (χ1n) is 7.30. The smallest absolute Gasteiger partial charge is 0.253 e. The van der Waals surface area contributed by atoms with E-state index < -0.39 is 0 Å². The van der Waals surface area contributed by atoms with Crippen LogP contribution in [0.15, 0.2) is 29.3 Å². The lowest BCUT2D eigenvalue weighted by atomic mass is 9.99. The number of carbonyl (C=O) groups is 1. The zero-order chi connectivity index (χ0) is 14.5. The average molecular weight is 273 g/mol.